The summed E-state index contributed by atoms with van der Waals surface area (Å²) in [6.45, 7) is 1.11. The summed E-state index contributed by atoms with van der Waals surface area (Å²) in [7, 11) is 0. The number of hydrogen-bond donors (Lipinski definition) is 2. The van der Waals surface area contributed by atoms with E-state index in [0.717, 1.165) is 5.76 Å². The van der Waals surface area contributed by atoms with E-state index in [1.807, 2.05) is 6.07 Å². The van der Waals surface area contributed by atoms with Crippen LogP contribution in [0.1, 0.15) is 18.6 Å². The van der Waals surface area contributed by atoms with Crippen LogP contribution in [0.15, 0.2) is 22.8 Å². The lowest BCUT2D eigenvalue weighted by molar-refractivity contribution is -0.122. The zero-order chi connectivity index (χ0) is 12.1. The van der Waals surface area contributed by atoms with E-state index in [1.165, 1.54) is 0 Å². The van der Waals surface area contributed by atoms with E-state index in [2.05, 4.69) is 5.32 Å². The van der Waals surface area contributed by atoms with Gasteiger partial charge in [0.05, 0.1) is 12.9 Å². The number of rotatable bonds is 5. The van der Waals surface area contributed by atoms with Crippen molar-refractivity contribution >= 4 is 5.91 Å². The van der Waals surface area contributed by atoms with Crippen LogP contribution >= 0.6 is 0 Å². The normalized spacial score (nSPS) is 23.8. The molecule has 0 aliphatic carbocycles. The van der Waals surface area contributed by atoms with Crippen LogP contribution in [0.5, 0.6) is 0 Å². The smallest absolute Gasteiger partial charge is 0.220 e. The van der Waals surface area contributed by atoms with Crippen molar-refractivity contribution in [2.75, 3.05) is 19.8 Å². The van der Waals surface area contributed by atoms with Gasteiger partial charge in [-0.15, -0.1) is 0 Å². The molecule has 1 amide bonds. The monoisotopic (exact) mass is 239 g/mol. The number of hydrogen-bond acceptors (Lipinski definition) is 4. The van der Waals surface area contributed by atoms with E-state index >= 15 is 0 Å². The number of carbonyl (C=O) groups is 1. The predicted octanol–water partition coefficient (Wildman–Crippen LogP) is 0.480. The second-order valence-electron chi connectivity index (χ2n) is 4.38. The van der Waals surface area contributed by atoms with Crippen molar-refractivity contribution in [1.82, 2.24) is 5.32 Å². The summed E-state index contributed by atoms with van der Waals surface area (Å²) in [5, 5.41) is 12.7. The van der Waals surface area contributed by atoms with E-state index < -0.39 is 5.60 Å². The average molecular weight is 239 g/mol. The van der Waals surface area contributed by atoms with Crippen molar-refractivity contribution in [2.45, 2.75) is 24.9 Å². The molecular formula is C12H17NO4. The maximum absolute atomic E-state index is 11.5. The average Bonchev–Trinajstić information content (AvgIpc) is 2.95. The first-order valence-electron chi connectivity index (χ1n) is 5.77. The molecule has 5 heteroatoms. The molecule has 0 radical (unpaired) electrons. The molecule has 1 aliphatic rings. The van der Waals surface area contributed by atoms with Crippen LogP contribution in [-0.2, 0) is 16.0 Å². The number of aliphatic hydroxyl groups is 1. The Morgan fingerprint density at radius 1 is 1.59 bits per heavy atom. The van der Waals surface area contributed by atoms with Crippen LogP contribution in [0.25, 0.3) is 0 Å². The first-order chi connectivity index (χ1) is 8.18. The molecule has 2 heterocycles. The highest BCUT2D eigenvalue weighted by atomic mass is 16.5. The highest BCUT2D eigenvalue weighted by molar-refractivity contribution is 5.76. The minimum Gasteiger partial charge on any atom is -0.469 e. The van der Waals surface area contributed by atoms with Crippen LogP contribution in [0.3, 0.4) is 0 Å². The molecular weight excluding hydrogens is 222 g/mol. The fourth-order valence-corrected chi connectivity index (χ4v) is 1.78. The van der Waals surface area contributed by atoms with Gasteiger partial charge in [-0.3, -0.25) is 4.79 Å². The molecule has 1 aromatic heterocycles. The highest BCUT2D eigenvalue weighted by Crippen LogP contribution is 2.16. The lowest BCUT2D eigenvalue weighted by Gasteiger charge is -2.20. The molecule has 1 fully saturated rings. The lowest BCUT2D eigenvalue weighted by Crippen LogP contribution is -2.43. The van der Waals surface area contributed by atoms with Gasteiger partial charge in [-0.05, 0) is 12.1 Å². The van der Waals surface area contributed by atoms with Crippen LogP contribution in [0.2, 0.25) is 0 Å². The predicted molar refractivity (Wildman–Crippen MR) is 60.4 cm³/mol. The molecule has 1 atom stereocenters. The first-order valence-corrected chi connectivity index (χ1v) is 5.77. The second kappa shape index (κ2) is 5.33. The maximum Gasteiger partial charge on any atom is 0.220 e. The van der Waals surface area contributed by atoms with Crippen molar-refractivity contribution in [1.29, 1.82) is 0 Å². The van der Waals surface area contributed by atoms with Crippen LogP contribution in [-0.4, -0.2) is 36.4 Å². The molecule has 1 unspecified atom stereocenters. The zero-order valence-electron chi connectivity index (χ0n) is 9.65. The summed E-state index contributed by atoms with van der Waals surface area (Å²) in [6.07, 6.45) is 3.11. The van der Waals surface area contributed by atoms with E-state index in [4.69, 9.17) is 9.15 Å². The molecule has 0 spiro atoms. The molecule has 0 saturated carbocycles. The minimum atomic E-state index is -0.889. The maximum atomic E-state index is 11.5. The van der Waals surface area contributed by atoms with E-state index in [0.29, 0.717) is 32.5 Å². The zero-order valence-corrected chi connectivity index (χ0v) is 9.65. The molecule has 5 nitrogen and oxygen atoms in total. The summed E-state index contributed by atoms with van der Waals surface area (Å²) < 4.78 is 10.2. The third-order valence-corrected chi connectivity index (χ3v) is 2.88. The summed E-state index contributed by atoms with van der Waals surface area (Å²) in [5.74, 6) is 0.713. The number of furan rings is 1. The van der Waals surface area contributed by atoms with Crippen molar-refractivity contribution < 1.29 is 19.1 Å². The topological polar surface area (TPSA) is 71.7 Å². The van der Waals surface area contributed by atoms with Crippen LogP contribution in [0.4, 0.5) is 0 Å². The Balaban J connectivity index is 1.67. The quantitative estimate of drug-likeness (QED) is 0.784. The van der Waals surface area contributed by atoms with Crippen LogP contribution in [0, 0.1) is 0 Å². The molecule has 2 rings (SSSR count). The Hall–Kier alpha value is -1.33. The Bertz CT molecular complexity index is 355. The Kier molecular flexibility index (Phi) is 3.81. The number of amides is 1. The number of aryl methyl sites for hydroxylation is 1. The number of nitrogens with one attached hydrogen (secondary N) is 1. The summed E-state index contributed by atoms with van der Waals surface area (Å²) >= 11 is 0. The van der Waals surface area contributed by atoms with Gasteiger partial charge in [0, 0.05) is 32.4 Å². The third kappa shape index (κ3) is 3.57. The van der Waals surface area contributed by atoms with Gasteiger partial charge in [0.2, 0.25) is 5.91 Å². The number of carbonyl (C=O) groups excluding carboxylic acids is 1. The van der Waals surface area contributed by atoms with Crippen molar-refractivity contribution in [3.05, 3.63) is 24.2 Å². The van der Waals surface area contributed by atoms with Gasteiger partial charge in [-0.2, -0.15) is 0 Å². The van der Waals surface area contributed by atoms with Gasteiger partial charge in [-0.25, -0.2) is 0 Å². The van der Waals surface area contributed by atoms with Crippen LogP contribution < -0.4 is 5.32 Å². The van der Waals surface area contributed by atoms with Gasteiger partial charge in [-0.1, -0.05) is 0 Å². The van der Waals surface area contributed by atoms with E-state index in [9.17, 15) is 9.90 Å². The molecule has 1 aromatic rings. The Morgan fingerprint density at radius 3 is 3.12 bits per heavy atom. The van der Waals surface area contributed by atoms with Gasteiger partial charge in [0.1, 0.15) is 11.4 Å². The van der Waals surface area contributed by atoms with Crippen molar-refractivity contribution in [2.24, 2.45) is 0 Å². The highest BCUT2D eigenvalue weighted by Gasteiger charge is 2.32. The minimum absolute atomic E-state index is 0.0817. The van der Waals surface area contributed by atoms with Gasteiger partial charge in [0.15, 0.2) is 0 Å². The van der Waals surface area contributed by atoms with E-state index in [1.54, 1.807) is 12.3 Å². The summed E-state index contributed by atoms with van der Waals surface area (Å²) in [6, 6.07) is 3.64. The fourth-order valence-electron chi connectivity index (χ4n) is 1.78. The molecule has 94 valence electrons. The molecule has 2 N–H and O–H groups in total. The molecule has 1 saturated heterocycles. The summed E-state index contributed by atoms with van der Waals surface area (Å²) in [4.78, 5) is 11.5. The fraction of sp³-hybridized carbons (Fsp3) is 0.583. The largest absolute Gasteiger partial charge is 0.469 e. The third-order valence-electron chi connectivity index (χ3n) is 2.88. The SMILES string of the molecule is O=C(CCc1ccco1)NCC1(O)CCOC1. The molecule has 17 heavy (non-hydrogen) atoms. The number of ether oxygens (including phenoxy) is 1. The van der Waals surface area contributed by atoms with Crippen molar-refractivity contribution in [3.63, 3.8) is 0 Å². The Labute approximate surface area is 99.8 Å². The Morgan fingerprint density at radius 2 is 2.47 bits per heavy atom. The first kappa shape index (κ1) is 12.1. The standard InChI is InChI=1S/C12H17NO4/c14-11(4-3-10-2-1-6-17-10)13-8-12(15)5-7-16-9-12/h1-2,6,15H,3-5,7-9H2,(H,13,14). The van der Waals surface area contributed by atoms with Gasteiger partial charge in [0.25, 0.3) is 0 Å². The molecule has 1 aliphatic heterocycles. The molecule has 0 bridgehead atoms. The molecule has 0 aromatic carbocycles. The van der Waals surface area contributed by atoms with Crippen molar-refractivity contribution in [3.8, 4) is 0 Å². The van der Waals surface area contributed by atoms with E-state index in [-0.39, 0.29) is 12.5 Å². The summed E-state index contributed by atoms with van der Waals surface area (Å²) in [5.41, 5.74) is -0.889. The lowest BCUT2D eigenvalue weighted by atomic mass is 10.0. The second-order valence-corrected chi connectivity index (χ2v) is 4.38. The van der Waals surface area contributed by atoms with Gasteiger partial charge >= 0.3 is 0 Å². The van der Waals surface area contributed by atoms with Gasteiger partial charge < -0.3 is 19.6 Å².